The minimum Gasteiger partial charge on any atom is -0.398 e. The summed E-state index contributed by atoms with van der Waals surface area (Å²) in [5, 5.41) is 0. The van der Waals surface area contributed by atoms with Gasteiger partial charge in [-0.1, -0.05) is 12.1 Å². The van der Waals surface area contributed by atoms with Crippen molar-refractivity contribution in [1.29, 1.82) is 0 Å². The van der Waals surface area contributed by atoms with E-state index >= 15 is 0 Å². The second kappa shape index (κ2) is 3.59. The number of pyridine rings is 1. The highest BCUT2D eigenvalue weighted by Gasteiger charge is 2.08. The van der Waals surface area contributed by atoms with Gasteiger partial charge in [-0.2, -0.15) is 0 Å². The van der Waals surface area contributed by atoms with Crippen molar-refractivity contribution in [3.8, 4) is 11.4 Å². The molecule has 3 N–H and O–H groups in total. The fraction of sp³-hybridized carbons (Fsp3) is 0.0769. The first-order valence-electron chi connectivity index (χ1n) is 5.41. The van der Waals surface area contributed by atoms with Crippen molar-refractivity contribution in [3.63, 3.8) is 0 Å². The zero-order valence-electron chi connectivity index (χ0n) is 9.44. The van der Waals surface area contributed by atoms with E-state index in [-0.39, 0.29) is 0 Å². The van der Waals surface area contributed by atoms with E-state index in [0.29, 0.717) is 11.3 Å². The molecule has 4 heteroatoms. The molecule has 2 aromatic heterocycles. The molecule has 3 aromatic rings. The molecule has 17 heavy (non-hydrogen) atoms. The Morgan fingerprint density at radius 2 is 2.06 bits per heavy atom. The molecule has 0 saturated carbocycles. The molecular weight excluding hydrogens is 212 g/mol. The normalized spacial score (nSPS) is 10.9. The molecule has 4 nitrogen and oxygen atoms in total. The number of H-pyrrole nitrogens is 1. The van der Waals surface area contributed by atoms with E-state index in [1.54, 1.807) is 6.20 Å². The molecule has 0 unspecified atom stereocenters. The summed E-state index contributed by atoms with van der Waals surface area (Å²) in [6.45, 7) is 2.00. The van der Waals surface area contributed by atoms with Gasteiger partial charge in [0.05, 0.1) is 5.52 Å². The van der Waals surface area contributed by atoms with Crippen LogP contribution in [0.3, 0.4) is 0 Å². The fourth-order valence-corrected chi connectivity index (χ4v) is 1.84. The molecule has 0 saturated heterocycles. The van der Waals surface area contributed by atoms with Crippen molar-refractivity contribution in [3.05, 3.63) is 42.1 Å². The number of nitrogens with two attached hydrogens (primary N) is 1. The lowest BCUT2D eigenvalue weighted by Gasteiger charge is -1.99. The zero-order valence-corrected chi connectivity index (χ0v) is 9.44. The molecule has 0 atom stereocenters. The Kier molecular flexibility index (Phi) is 2.08. The van der Waals surface area contributed by atoms with Gasteiger partial charge in [-0.25, -0.2) is 9.97 Å². The average molecular weight is 224 g/mol. The maximum Gasteiger partial charge on any atom is 0.178 e. The number of imidazole rings is 1. The number of aromatic amines is 1. The number of fused-ring (bicyclic) bond motifs is 1. The third kappa shape index (κ3) is 1.63. The molecular formula is C13H12N4. The summed E-state index contributed by atoms with van der Waals surface area (Å²) in [6.07, 6.45) is 1.81. The summed E-state index contributed by atoms with van der Waals surface area (Å²) >= 11 is 0. The van der Waals surface area contributed by atoms with Gasteiger partial charge in [0.2, 0.25) is 0 Å². The lowest BCUT2D eigenvalue weighted by atomic mass is 10.2. The number of anilines is 1. The maximum atomic E-state index is 5.92. The Morgan fingerprint density at radius 3 is 2.88 bits per heavy atom. The maximum absolute atomic E-state index is 5.92. The highest BCUT2D eigenvalue weighted by molar-refractivity contribution is 5.80. The lowest BCUT2D eigenvalue weighted by Crippen LogP contribution is -1.90. The molecule has 0 fully saturated rings. The largest absolute Gasteiger partial charge is 0.398 e. The molecule has 0 radical (unpaired) electrons. The number of nitrogen functional groups attached to an aromatic ring is 1. The predicted molar refractivity (Wildman–Crippen MR) is 68.5 cm³/mol. The van der Waals surface area contributed by atoms with E-state index < -0.39 is 0 Å². The number of nitrogens with zero attached hydrogens (tertiary/aromatic N) is 2. The van der Waals surface area contributed by atoms with Crippen LogP contribution in [0.5, 0.6) is 0 Å². The van der Waals surface area contributed by atoms with E-state index in [9.17, 15) is 0 Å². The highest BCUT2D eigenvalue weighted by Crippen LogP contribution is 2.24. The first kappa shape index (κ1) is 9.84. The minimum atomic E-state index is 0.711. The van der Waals surface area contributed by atoms with Crippen molar-refractivity contribution in [2.45, 2.75) is 6.92 Å². The van der Waals surface area contributed by atoms with E-state index in [2.05, 4.69) is 15.0 Å². The SMILES string of the molecule is Cc1cnc2nc(-c3ccccc3N)[nH]c2c1. The lowest BCUT2D eigenvalue weighted by molar-refractivity contribution is 1.28. The topological polar surface area (TPSA) is 67.6 Å². The van der Waals surface area contributed by atoms with Gasteiger partial charge >= 0.3 is 0 Å². The number of aryl methyl sites for hydroxylation is 1. The Hall–Kier alpha value is -2.36. The van der Waals surface area contributed by atoms with Crippen LogP contribution in [0.2, 0.25) is 0 Å². The molecule has 2 heterocycles. The predicted octanol–water partition coefficient (Wildman–Crippen LogP) is 2.52. The summed E-state index contributed by atoms with van der Waals surface area (Å²) in [5.41, 5.74) is 10.3. The Morgan fingerprint density at radius 1 is 1.24 bits per heavy atom. The van der Waals surface area contributed by atoms with Gasteiger partial charge in [0.15, 0.2) is 5.65 Å². The first-order valence-corrected chi connectivity index (χ1v) is 5.41. The second-order valence-electron chi connectivity index (χ2n) is 4.06. The standard InChI is InChI=1S/C13H12N4/c1-8-6-11-13(15-7-8)17-12(16-11)9-4-2-3-5-10(9)14/h2-7H,14H2,1H3,(H,15,16,17). The van der Waals surface area contributed by atoms with Crippen LogP contribution in [0.4, 0.5) is 5.69 Å². The zero-order chi connectivity index (χ0) is 11.8. The number of aromatic nitrogens is 3. The summed E-state index contributed by atoms with van der Waals surface area (Å²) in [4.78, 5) is 12.0. The molecule has 84 valence electrons. The Labute approximate surface area is 98.5 Å². The Bertz CT molecular complexity index is 685. The van der Waals surface area contributed by atoms with Gasteiger partial charge < -0.3 is 10.7 Å². The third-order valence-electron chi connectivity index (χ3n) is 2.69. The van der Waals surface area contributed by atoms with Crippen molar-refractivity contribution in [1.82, 2.24) is 15.0 Å². The van der Waals surface area contributed by atoms with Crippen molar-refractivity contribution >= 4 is 16.9 Å². The van der Waals surface area contributed by atoms with Crippen LogP contribution in [0.15, 0.2) is 36.5 Å². The van der Waals surface area contributed by atoms with Crippen molar-refractivity contribution < 1.29 is 0 Å². The van der Waals surface area contributed by atoms with E-state index in [4.69, 9.17) is 5.73 Å². The van der Waals surface area contributed by atoms with Gasteiger partial charge in [-0.15, -0.1) is 0 Å². The molecule has 0 aliphatic rings. The second-order valence-corrected chi connectivity index (χ2v) is 4.06. The Balaban J connectivity index is 2.22. The molecule has 3 rings (SSSR count). The van der Waals surface area contributed by atoms with Gasteiger partial charge in [-0.05, 0) is 30.7 Å². The summed E-state index contributed by atoms with van der Waals surface area (Å²) in [5.74, 6) is 0.760. The number of rotatable bonds is 1. The number of hydrogen-bond acceptors (Lipinski definition) is 3. The van der Waals surface area contributed by atoms with Crippen molar-refractivity contribution in [2.24, 2.45) is 0 Å². The summed E-state index contributed by atoms with van der Waals surface area (Å²) in [6, 6.07) is 9.68. The molecule has 0 bridgehead atoms. The van der Waals surface area contributed by atoms with Crippen LogP contribution in [0, 0.1) is 6.92 Å². The molecule has 0 aliphatic carbocycles. The summed E-state index contributed by atoms with van der Waals surface area (Å²) < 4.78 is 0. The van der Waals surface area contributed by atoms with Crippen molar-refractivity contribution in [2.75, 3.05) is 5.73 Å². The van der Waals surface area contributed by atoms with Gasteiger partial charge in [-0.3, -0.25) is 0 Å². The average Bonchev–Trinajstić information content (AvgIpc) is 2.72. The monoisotopic (exact) mass is 224 g/mol. The summed E-state index contributed by atoms with van der Waals surface area (Å²) in [7, 11) is 0. The number of hydrogen-bond donors (Lipinski definition) is 2. The van der Waals surface area contributed by atoms with Crippen LogP contribution in [0.1, 0.15) is 5.56 Å². The van der Waals surface area contributed by atoms with Crippen LogP contribution in [-0.2, 0) is 0 Å². The molecule has 0 spiro atoms. The van der Waals surface area contributed by atoms with E-state index in [1.807, 2.05) is 37.3 Å². The first-order chi connectivity index (χ1) is 8.24. The fourth-order valence-electron chi connectivity index (χ4n) is 1.84. The quantitative estimate of drug-likeness (QED) is 0.624. The van der Waals surface area contributed by atoms with Crippen LogP contribution in [0.25, 0.3) is 22.6 Å². The molecule has 1 aromatic carbocycles. The molecule has 0 amide bonds. The van der Waals surface area contributed by atoms with E-state index in [0.717, 1.165) is 22.5 Å². The van der Waals surface area contributed by atoms with Gasteiger partial charge in [0, 0.05) is 17.4 Å². The van der Waals surface area contributed by atoms with Crippen LogP contribution < -0.4 is 5.73 Å². The third-order valence-corrected chi connectivity index (χ3v) is 2.69. The van der Waals surface area contributed by atoms with Crippen LogP contribution >= 0.6 is 0 Å². The van der Waals surface area contributed by atoms with Gasteiger partial charge in [0.25, 0.3) is 0 Å². The molecule has 0 aliphatic heterocycles. The number of benzene rings is 1. The van der Waals surface area contributed by atoms with Crippen LogP contribution in [-0.4, -0.2) is 15.0 Å². The van der Waals surface area contributed by atoms with E-state index in [1.165, 1.54) is 0 Å². The number of para-hydroxylation sites is 1. The minimum absolute atomic E-state index is 0.711. The van der Waals surface area contributed by atoms with Gasteiger partial charge in [0.1, 0.15) is 5.82 Å². The number of nitrogens with one attached hydrogen (secondary N) is 1. The smallest absolute Gasteiger partial charge is 0.178 e. The highest BCUT2D eigenvalue weighted by atomic mass is 15.0.